The molecule has 0 bridgehead atoms. The lowest BCUT2D eigenvalue weighted by Gasteiger charge is -2.13. The average molecular weight is 343 g/mol. The Morgan fingerprint density at radius 2 is 2.00 bits per heavy atom. The summed E-state index contributed by atoms with van der Waals surface area (Å²) in [5.41, 5.74) is 0.918. The summed E-state index contributed by atoms with van der Waals surface area (Å²) in [5.74, 6) is 0.559. The monoisotopic (exact) mass is 342 g/mol. The summed E-state index contributed by atoms with van der Waals surface area (Å²) >= 11 is 8.73. The molecule has 0 fully saturated rings. The van der Waals surface area contributed by atoms with Crippen LogP contribution in [0.5, 0.6) is 0 Å². The molecule has 0 saturated carbocycles. The van der Waals surface area contributed by atoms with E-state index in [1.165, 1.54) is 4.90 Å². The molecule has 0 aliphatic carbocycles. The minimum atomic E-state index is 0.421. The Bertz CT molecular complexity index is 604. The number of hydrogen-bond donors (Lipinski definition) is 1. The third kappa shape index (κ3) is 3.32. The van der Waals surface area contributed by atoms with E-state index < -0.39 is 0 Å². The summed E-state index contributed by atoms with van der Waals surface area (Å²) in [4.78, 5) is 1.83. The van der Waals surface area contributed by atoms with E-state index in [0.717, 1.165) is 29.8 Å². The van der Waals surface area contributed by atoms with Gasteiger partial charge in [-0.1, -0.05) is 12.1 Å². The van der Waals surface area contributed by atoms with Crippen molar-refractivity contribution in [1.29, 1.82) is 0 Å². The van der Waals surface area contributed by atoms with Crippen LogP contribution in [0.1, 0.15) is 13.8 Å². The van der Waals surface area contributed by atoms with E-state index in [1.807, 2.05) is 24.3 Å². The molecule has 19 heavy (non-hydrogen) atoms. The second-order valence-electron chi connectivity index (χ2n) is 4.27. The van der Waals surface area contributed by atoms with E-state index in [1.54, 1.807) is 4.68 Å². The molecule has 102 valence electrons. The lowest BCUT2D eigenvalue weighted by Crippen LogP contribution is -3.10. The van der Waals surface area contributed by atoms with E-state index in [2.05, 4.69) is 34.9 Å². The highest BCUT2D eigenvalue weighted by atomic mass is 79.9. The van der Waals surface area contributed by atoms with Gasteiger partial charge in [0.1, 0.15) is 0 Å². The zero-order valence-corrected chi connectivity index (χ0v) is 13.4. The molecule has 0 aliphatic heterocycles. The molecule has 1 aromatic heterocycles. The molecule has 4 nitrogen and oxygen atoms in total. The highest BCUT2D eigenvalue weighted by Crippen LogP contribution is 2.26. The maximum Gasteiger partial charge on any atom is 0.292 e. The summed E-state index contributed by atoms with van der Waals surface area (Å²) in [6.45, 7) is 7.11. The van der Waals surface area contributed by atoms with E-state index in [4.69, 9.17) is 16.6 Å². The van der Waals surface area contributed by atoms with Gasteiger partial charge in [-0.3, -0.25) is 0 Å². The predicted octanol–water partition coefficient (Wildman–Crippen LogP) is 2.52. The molecule has 0 amide bonds. The summed E-state index contributed by atoms with van der Waals surface area (Å²) < 4.78 is 8.30. The summed E-state index contributed by atoms with van der Waals surface area (Å²) in [5, 5.41) is 4.47. The first kappa shape index (κ1) is 14.4. The second-order valence-corrected chi connectivity index (χ2v) is 5.47. The van der Waals surface area contributed by atoms with Crippen LogP contribution in [0.4, 0.5) is 0 Å². The SMILES string of the molecule is CC[NH+](CC)Cn1nc(-c2ccccc2Br)oc1=S. The van der Waals surface area contributed by atoms with Crippen molar-refractivity contribution in [2.75, 3.05) is 13.1 Å². The Kier molecular flexibility index (Phi) is 4.90. The molecule has 0 unspecified atom stereocenters. The third-order valence-electron chi connectivity index (χ3n) is 3.08. The Hall–Kier alpha value is -0.980. The van der Waals surface area contributed by atoms with Gasteiger partial charge in [-0.2, -0.15) is 4.68 Å². The predicted molar refractivity (Wildman–Crippen MR) is 80.5 cm³/mol. The van der Waals surface area contributed by atoms with Gasteiger partial charge in [0.15, 0.2) is 6.67 Å². The number of benzene rings is 1. The van der Waals surface area contributed by atoms with Crippen LogP contribution in [0.3, 0.4) is 0 Å². The van der Waals surface area contributed by atoms with Gasteiger partial charge in [-0.25, -0.2) is 0 Å². The average Bonchev–Trinajstić information content (AvgIpc) is 2.77. The van der Waals surface area contributed by atoms with E-state index in [0.29, 0.717) is 10.7 Å². The van der Waals surface area contributed by atoms with Gasteiger partial charge in [0, 0.05) is 4.47 Å². The summed E-state index contributed by atoms with van der Waals surface area (Å²) in [6, 6.07) is 7.83. The second kappa shape index (κ2) is 6.45. The van der Waals surface area contributed by atoms with Crippen molar-refractivity contribution in [2.24, 2.45) is 0 Å². The van der Waals surface area contributed by atoms with Crippen LogP contribution in [-0.2, 0) is 6.67 Å². The number of hydrogen-bond acceptors (Lipinski definition) is 3. The lowest BCUT2D eigenvalue weighted by molar-refractivity contribution is -0.920. The fourth-order valence-electron chi connectivity index (χ4n) is 1.84. The van der Waals surface area contributed by atoms with E-state index in [9.17, 15) is 0 Å². The Morgan fingerprint density at radius 3 is 2.63 bits per heavy atom. The molecule has 1 heterocycles. The molecule has 6 heteroatoms. The van der Waals surface area contributed by atoms with E-state index in [-0.39, 0.29) is 0 Å². The topological polar surface area (TPSA) is 35.4 Å². The first-order valence-corrected chi connectivity index (χ1v) is 7.52. The first-order valence-electron chi connectivity index (χ1n) is 6.32. The Balaban J connectivity index is 2.31. The fraction of sp³-hybridized carbons (Fsp3) is 0.385. The highest BCUT2D eigenvalue weighted by molar-refractivity contribution is 9.10. The van der Waals surface area contributed by atoms with Gasteiger partial charge in [0.05, 0.1) is 18.7 Å². The van der Waals surface area contributed by atoms with Gasteiger partial charge in [-0.15, -0.1) is 5.10 Å². The minimum Gasteiger partial charge on any atom is -0.409 e. The molecule has 0 aliphatic rings. The van der Waals surface area contributed by atoms with Crippen LogP contribution in [-0.4, -0.2) is 22.9 Å². The van der Waals surface area contributed by atoms with Crippen molar-refractivity contribution in [3.8, 4) is 11.5 Å². The number of rotatable bonds is 5. The largest absolute Gasteiger partial charge is 0.409 e. The van der Waals surface area contributed by atoms with Gasteiger partial charge < -0.3 is 9.32 Å². The number of halogens is 1. The van der Waals surface area contributed by atoms with Crippen LogP contribution in [0.25, 0.3) is 11.5 Å². The summed E-state index contributed by atoms with van der Waals surface area (Å²) in [6.07, 6.45) is 0. The molecule has 0 spiro atoms. The van der Waals surface area contributed by atoms with Crippen molar-refractivity contribution < 1.29 is 9.32 Å². The standard InChI is InChI=1S/C13H16BrN3OS/c1-3-16(4-2)9-17-13(19)18-12(15-17)10-7-5-6-8-11(10)14/h5-8H,3-4,9H2,1-2H3/p+1. The fourth-order valence-corrected chi connectivity index (χ4v) is 2.47. The molecule has 2 rings (SSSR count). The minimum absolute atomic E-state index is 0.421. The molecule has 1 N–H and O–H groups in total. The summed E-state index contributed by atoms with van der Waals surface area (Å²) in [7, 11) is 0. The van der Waals surface area contributed by atoms with E-state index >= 15 is 0 Å². The maximum atomic E-state index is 5.59. The normalized spacial score (nSPS) is 11.2. The van der Waals surface area contributed by atoms with Crippen molar-refractivity contribution in [3.63, 3.8) is 0 Å². The molecule has 2 aromatic rings. The molecule has 1 aromatic carbocycles. The van der Waals surface area contributed by atoms with Gasteiger partial charge in [-0.05, 0) is 54.1 Å². The zero-order chi connectivity index (χ0) is 13.8. The van der Waals surface area contributed by atoms with Crippen molar-refractivity contribution in [3.05, 3.63) is 33.6 Å². The number of quaternary nitrogens is 1. The van der Waals surface area contributed by atoms with Crippen LogP contribution in [0, 0.1) is 4.84 Å². The number of nitrogens with one attached hydrogen (secondary N) is 1. The molecule has 0 atom stereocenters. The Labute approximate surface area is 126 Å². The zero-order valence-electron chi connectivity index (χ0n) is 11.0. The van der Waals surface area contributed by atoms with Crippen LogP contribution in [0.2, 0.25) is 0 Å². The number of aromatic nitrogens is 2. The van der Waals surface area contributed by atoms with Gasteiger partial charge in [0.2, 0.25) is 5.89 Å². The first-order chi connectivity index (χ1) is 9.15. The smallest absolute Gasteiger partial charge is 0.292 e. The van der Waals surface area contributed by atoms with Crippen LogP contribution >= 0.6 is 28.1 Å². The Morgan fingerprint density at radius 1 is 1.32 bits per heavy atom. The van der Waals surface area contributed by atoms with Crippen molar-refractivity contribution >= 4 is 28.1 Å². The molecular formula is C13H17BrN3OS+. The quantitative estimate of drug-likeness (QED) is 0.848. The van der Waals surface area contributed by atoms with Crippen molar-refractivity contribution in [2.45, 2.75) is 20.5 Å². The highest BCUT2D eigenvalue weighted by Gasteiger charge is 2.13. The number of nitrogens with zero attached hydrogens (tertiary/aromatic N) is 2. The lowest BCUT2D eigenvalue weighted by atomic mass is 10.2. The van der Waals surface area contributed by atoms with Gasteiger partial charge >= 0.3 is 0 Å². The van der Waals surface area contributed by atoms with Crippen LogP contribution < -0.4 is 4.90 Å². The molecular weight excluding hydrogens is 326 g/mol. The van der Waals surface area contributed by atoms with Crippen molar-refractivity contribution in [1.82, 2.24) is 9.78 Å². The molecule has 0 saturated heterocycles. The maximum absolute atomic E-state index is 5.59. The van der Waals surface area contributed by atoms with Gasteiger partial charge in [0.25, 0.3) is 4.84 Å². The molecule has 0 radical (unpaired) electrons. The van der Waals surface area contributed by atoms with Crippen LogP contribution in [0.15, 0.2) is 33.2 Å². The third-order valence-corrected chi connectivity index (χ3v) is 4.07.